The van der Waals surface area contributed by atoms with Crippen LogP contribution in [0.1, 0.15) is 43.9 Å². The summed E-state index contributed by atoms with van der Waals surface area (Å²) in [6, 6.07) is 13.8. The Bertz CT molecular complexity index is 1060. The van der Waals surface area contributed by atoms with Gasteiger partial charge in [-0.2, -0.15) is 0 Å². The zero-order valence-corrected chi connectivity index (χ0v) is 19.8. The number of anilines is 1. The average molecular weight is 445 g/mol. The highest BCUT2D eigenvalue weighted by atomic mass is 32.2. The van der Waals surface area contributed by atoms with Crippen molar-refractivity contribution >= 4 is 21.6 Å². The molecule has 1 amide bonds. The molecule has 1 atom stereocenters. The molecular weight excluding hydrogens is 412 g/mol. The molecular formula is C24H32N2O4S. The molecule has 0 aliphatic carbocycles. The molecule has 1 unspecified atom stereocenters. The highest BCUT2D eigenvalue weighted by Gasteiger charge is 2.35. The smallest absolute Gasteiger partial charge is 0.263 e. The quantitative estimate of drug-likeness (QED) is 0.691. The number of carbonyl (C=O) groups excluding carboxylic acids is 1. The van der Waals surface area contributed by atoms with Crippen LogP contribution in [0.3, 0.4) is 0 Å². The van der Waals surface area contributed by atoms with Crippen molar-refractivity contribution in [3.63, 3.8) is 0 Å². The van der Waals surface area contributed by atoms with Crippen LogP contribution in [-0.2, 0) is 26.7 Å². The molecule has 1 heterocycles. The van der Waals surface area contributed by atoms with Gasteiger partial charge < -0.3 is 10.1 Å². The van der Waals surface area contributed by atoms with Crippen LogP contribution >= 0.6 is 0 Å². The molecule has 0 saturated heterocycles. The summed E-state index contributed by atoms with van der Waals surface area (Å²) in [5.41, 5.74) is 3.80. The Hall–Kier alpha value is -2.54. The summed E-state index contributed by atoms with van der Waals surface area (Å²) in [6.45, 7) is 8.72. The SMILES string of the molecule is Cc1cccc(CCCNC(=O)C2CN(S(C)(=O)=O)c3cc(C(C)(C)C)ccc3O2)c1. The number of aryl methyl sites for hydroxylation is 2. The van der Waals surface area contributed by atoms with Crippen molar-refractivity contribution in [3.8, 4) is 5.75 Å². The fourth-order valence-electron chi connectivity index (χ4n) is 3.65. The van der Waals surface area contributed by atoms with Gasteiger partial charge in [0.05, 0.1) is 18.5 Å². The van der Waals surface area contributed by atoms with Gasteiger partial charge in [-0.15, -0.1) is 0 Å². The van der Waals surface area contributed by atoms with E-state index in [0.29, 0.717) is 18.0 Å². The normalized spacial score (nSPS) is 16.4. The van der Waals surface area contributed by atoms with Gasteiger partial charge >= 0.3 is 0 Å². The van der Waals surface area contributed by atoms with Crippen molar-refractivity contribution in [2.45, 2.75) is 52.1 Å². The van der Waals surface area contributed by atoms with E-state index in [1.807, 2.05) is 18.2 Å². The number of fused-ring (bicyclic) bond motifs is 1. The van der Waals surface area contributed by atoms with Crippen molar-refractivity contribution in [2.24, 2.45) is 0 Å². The van der Waals surface area contributed by atoms with Gasteiger partial charge in [-0.05, 0) is 48.4 Å². The molecule has 31 heavy (non-hydrogen) atoms. The van der Waals surface area contributed by atoms with E-state index in [9.17, 15) is 13.2 Å². The predicted octanol–water partition coefficient (Wildman–Crippen LogP) is 3.57. The van der Waals surface area contributed by atoms with Gasteiger partial charge in [0.25, 0.3) is 5.91 Å². The lowest BCUT2D eigenvalue weighted by atomic mass is 9.86. The van der Waals surface area contributed by atoms with Gasteiger partial charge in [-0.1, -0.05) is 56.7 Å². The van der Waals surface area contributed by atoms with Crippen LogP contribution in [0.5, 0.6) is 5.75 Å². The maximum absolute atomic E-state index is 12.7. The molecule has 2 aromatic rings. The fraction of sp³-hybridized carbons (Fsp3) is 0.458. The van der Waals surface area contributed by atoms with Crippen LogP contribution in [0.4, 0.5) is 5.69 Å². The van der Waals surface area contributed by atoms with Crippen LogP contribution < -0.4 is 14.4 Å². The van der Waals surface area contributed by atoms with Crippen molar-refractivity contribution in [1.29, 1.82) is 0 Å². The van der Waals surface area contributed by atoms with Crippen molar-refractivity contribution < 1.29 is 17.9 Å². The Labute approximate surface area is 185 Å². The summed E-state index contributed by atoms with van der Waals surface area (Å²) in [4.78, 5) is 12.7. The standard InChI is InChI=1S/C24H32N2O4S/c1-17-8-6-9-18(14-17)10-7-13-25-23(27)22-16-26(31(5,28)29)20-15-19(24(2,3)4)11-12-21(20)30-22/h6,8-9,11-12,14-15,22H,7,10,13,16H2,1-5H3,(H,25,27). The lowest BCUT2D eigenvalue weighted by Gasteiger charge is -2.35. The zero-order chi connectivity index (χ0) is 22.8. The summed E-state index contributed by atoms with van der Waals surface area (Å²) >= 11 is 0. The van der Waals surface area contributed by atoms with E-state index in [0.717, 1.165) is 24.7 Å². The molecule has 0 aromatic heterocycles. The average Bonchev–Trinajstić information content (AvgIpc) is 2.68. The van der Waals surface area contributed by atoms with Gasteiger partial charge in [0, 0.05) is 6.54 Å². The largest absolute Gasteiger partial charge is 0.476 e. The molecule has 0 fully saturated rings. The van der Waals surface area contributed by atoms with Gasteiger partial charge in [-0.3, -0.25) is 9.10 Å². The lowest BCUT2D eigenvalue weighted by Crippen LogP contribution is -2.50. The van der Waals surface area contributed by atoms with Gasteiger partial charge in [0.1, 0.15) is 5.75 Å². The van der Waals surface area contributed by atoms with E-state index >= 15 is 0 Å². The molecule has 0 bridgehead atoms. The molecule has 0 spiro atoms. The maximum atomic E-state index is 12.7. The van der Waals surface area contributed by atoms with Crippen molar-refractivity contribution in [3.05, 3.63) is 59.2 Å². The summed E-state index contributed by atoms with van der Waals surface area (Å²) in [7, 11) is -3.56. The van der Waals surface area contributed by atoms with Gasteiger partial charge in [0.2, 0.25) is 10.0 Å². The van der Waals surface area contributed by atoms with Crippen LogP contribution in [0.25, 0.3) is 0 Å². The second kappa shape index (κ2) is 8.91. The number of sulfonamides is 1. The minimum absolute atomic E-state index is 0.0385. The van der Waals surface area contributed by atoms with E-state index in [4.69, 9.17) is 4.74 Å². The van der Waals surface area contributed by atoms with Crippen molar-refractivity contribution in [2.75, 3.05) is 23.7 Å². The second-order valence-corrected chi connectivity index (χ2v) is 11.1. The van der Waals surface area contributed by atoms with Crippen LogP contribution in [0, 0.1) is 6.92 Å². The van der Waals surface area contributed by atoms with E-state index in [-0.39, 0.29) is 17.9 Å². The molecule has 2 aromatic carbocycles. The first kappa shape index (κ1) is 23.1. The number of rotatable bonds is 6. The van der Waals surface area contributed by atoms with E-state index in [2.05, 4.69) is 51.2 Å². The number of nitrogens with one attached hydrogen (secondary N) is 1. The number of benzene rings is 2. The minimum Gasteiger partial charge on any atom is -0.476 e. The molecule has 0 radical (unpaired) electrons. The Morgan fingerprint density at radius 3 is 2.58 bits per heavy atom. The molecule has 3 rings (SSSR count). The summed E-state index contributed by atoms with van der Waals surface area (Å²) < 4.78 is 32.1. The van der Waals surface area contributed by atoms with E-state index in [1.165, 1.54) is 15.4 Å². The van der Waals surface area contributed by atoms with Crippen molar-refractivity contribution in [1.82, 2.24) is 5.32 Å². The van der Waals surface area contributed by atoms with Crippen LogP contribution in [0.15, 0.2) is 42.5 Å². The van der Waals surface area contributed by atoms with E-state index in [1.54, 1.807) is 6.07 Å². The molecule has 1 N–H and O–H groups in total. The van der Waals surface area contributed by atoms with Crippen LogP contribution in [0.2, 0.25) is 0 Å². The summed E-state index contributed by atoms with van der Waals surface area (Å²) in [5, 5.41) is 2.89. The summed E-state index contributed by atoms with van der Waals surface area (Å²) in [6.07, 6.45) is 1.93. The number of ether oxygens (including phenoxy) is 1. The number of nitrogens with zero attached hydrogens (tertiary/aromatic N) is 1. The highest BCUT2D eigenvalue weighted by molar-refractivity contribution is 7.92. The molecule has 168 valence electrons. The molecule has 1 aliphatic heterocycles. The lowest BCUT2D eigenvalue weighted by molar-refractivity contribution is -0.127. The Morgan fingerprint density at radius 1 is 1.19 bits per heavy atom. The predicted molar refractivity (Wildman–Crippen MR) is 124 cm³/mol. The second-order valence-electron chi connectivity index (χ2n) is 9.22. The Balaban J connectivity index is 1.68. The third-order valence-corrected chi connectivity index (χ3v) is 6.56. The molecule has 0 saturated carbocycles. The zero-order valence-electron chi connectivity index (χ0n) is 18.9. The Morgan fingerprint density at radius 2 is 1.94 bits per heavy atom. The summed E-state index contributed by atoms with van der Waals surface area (Å²) in [5.74, 6) is 0.105. The number of carbonyl (C=O) groups is 1. The first-order valence-corrected chi connectivity index (χ1v) is 12.4. The molecule has 6 nitrogen and oxygen atoms in total. The molecule has 7 heteroatoms. The minimum atomic E-state index is -3.56. The maximum Gasteiger partial charge on any atom is 0.263 e. The van der Waals surface area contributed by atoms with Gasteiger partial charge in [-0.25, -0.2) is 8.42 Å². The highest BCUT2D eigenvalue weighted by Crippen LogP contribution is 2.38. The number of hydrogen-bond acceptors (Lipinski definition) is 4. The van der Waals surface area contributed by atoms with E-state index < -0.39 is 16.1 Å². The van der Waals surface area contributed by atoms with Crippen LogP contribution in [-0.4, -0.2) is 39.8 Å². The first-order chi connectivity index (χ1) is 14.4. The third-order valence-electron chi connectivity index (χ3n) is 5.41. The Kier molecular flexibility index (Phi) is 6.65. The van der Waals surface area contributed by atoms with Gasteiger partial charge in [0.15, 0.2) is 6.10 Å². The third kappa shape index (κ3) is 5.79. The number of amides is 1. The topological polar surface area (TPSA) is 75.7 Å². The first-order valence-electron chi connectivity index (χ1n) is 10.6. The number of hydrogen-bond donors (Lipinski definition) is 1. The fourth-order valence-corrected chi connectivity index (χ4v) is 4.56. The monoisotopic (exact) mass is 444 g/mol. The molecule has 1 aliphatic rings.